The van der Waals surface area contributed by atoms with Crippen LogP contribution < -0.4 is 0 Å². The Hall–Kier alpha value is -3.18. The maximum Gasteiger partial charge on any atom is 0.322 e. The van der Waals surface area contributed by atoms with E-state index in [2.05, 4.69) is 60.6 Å². The quantitative estimate of drug-likeness (QED) is 0.171. The fourth-order valence-electron chi connectivity index (χ4n) is 9.06. The van der Waals surface area contributed by atoms with Gasteiger partial charge in [0.05, 0.1) is 22.2 Å². The van der Waals surface area contributed by atoms with E-state index in [0.29, 0.717) is 44.3 Å². The second-order valence-corrected chi connectivity index (χ2v) is 20.7. The van der Waals surface area contributed by atoms with Crippen LogP contribution in [0.25, 0.3) is 0 Å². The number of ether oxygens (including phenoxy) is 2. The predicted octanol–water partition coefficient (Wildman–Crippen LogP) is 8.65. The van der Waals surface area contributed by atoms with Crippen LogP contribution in [0.1, 0.15) is 173 Å². The van der Waals surface area contributed by atoms with Crippen molar-refractivity contribution in [1.29, 1.82) is 0 Å². The highest BCUT2D eigenvalue weighted by Crippen LogP contribution is 2.43. The first-order valence-corrected chi connectivity index (χ1v) is 20.1. The van der Waals surface area contributed by atoms with Gasteiger partial charge in [0.2, 0.25) is 0 Å². The van der Waals surface area contributed by atoms with Crippen molar-refractivity contribution in [2.45, 2.75) is 208 Å². The molecule has 1 aromatic carbocycles. The van der Waals surface area contributed by atoms with Gasteiger partial charge in [-0.2, -0.15) is 0 Å². The largest absolute Gasteiger partial charge is 0.507 e. The van der Waals surface area contributed by atoms with Gasteiger partial charge in [-0.15, -0.1) is 10.1 Å². The SMILES string of the molecule is CCC(Cc1cc(C(C)(C)C)c(O)c(C(C)(C)C)c1)CC(C(=O)OC1CC(C)(C)N(OC(C)=O)C(C)(C)C1)C(=O)OC1CC(C)(C)N(OC(C)=O)C(C)(C)C1. The first-order chi connectivity index (χ1) is 24.8. The average Bonchev–Trinajstić information content (AvgIpc) is 2.97. The Morgan fingerprint density at radius 2 is 1.02 bits per heavy atom. The average molecular weight is 773 g/mol. The van der Waals surface area contributed by atoms with Gasteiger partial charge in [-0.25, -0.2) is 0 Å². The van der Waals surface area contributed by atoms with Crippen molar-refractivity contribution >= 4 is 23.9 Å². The van der Waals surface area contributed by atoms with E-state index in [0.717, 1.165) is 16.7 Å². The second-order valence-electron chi connectivity index (χ2n) is 20.7. The van der Waals surface area contributed by atoms with Gasteiger partial charge < -0.3 is 24.3 Å². The van der Waals surface area contributed by atoms with Crippen LogP contribution in [-0.2, 0) is 55.6 Å². The van der Waals surface area contributed by atoms with Gasteiger partial charge >= 0.3 is 23.9 Å². The molecule has 2 aliphatic heterocycles. The van der Waals surface area contributed by atoms with Crippen molar-refractivity contribution in [1.82, 2.24) is 10.1 Å². The van der Waals surface area contributed by atoms with Gasteiger partial charge in [-0.1, -0.05) is 67.0 Å². The summed E-state index contributed by atoms with van der Waals surface area (Å²) in [4.78, 5) is 64.1. The molecule has 0 saturated carbocycles. The summed E-state index contributed by atoms with van der Waals surface area (Å²) in [6, 6.07) is 4.11. The highest BCUT2D eigenvalue weighted by atomic mass is 16.7. The molecule has 1 aromatic rings. The Labute approximate surface area is 331 Å². The number of esters is 2. The number of hydrogen-bond acceptors (Lipinski definition) is 11. The fourth-order valence-corrected chi connectivity index (χ4v) is 9.06. The third-order valence-electron chi connectivity index (χ3n) is 11.1. The smallest absolute Gasteiger partial charge is 0.322 e. The van der Waals surface area contributed by atoms with Gasteiger partial charge in [-0.05, 0) is 102 Å². The molecule has 1 unspecified atom stereocenters. The standard InChI is InChI=1S/C44H72N2O9/c1-18-29(19-30-21-34(39(4,5)6)36(49)35(22-30)40(7,8)9)20-33(37(50)52-31-23-41(10,11)45(54-27(2)47)42(12,13)24-31)38(51)53-32-25-43(14,15)46(55-28(3)48)44(16,17)26-32/h21-22,29,31-33,49H,18-20,23-26H2,1-17H3. The molecule has 2 fully saturated rings. The van der Waals surface area contributed by atoms with Gasteiger partial charge in [0, 0.05) is 39.5 Å². The van der Waals surface area contributed by atoms with Crippen molar-refractivity contribution in [3.05, 3.63) is 28.8 Å². The van der Waals surface area contributed by atoms with Crippen molar-refractivity contribution in [3.8, 4) is 5.75 Å². The summed E-state index contributed by atoms with van der Waals surface area (Å²) >= 11 is 0. The lowest BCUT2D eigenvalue weighted by Gasteiger charge is -2.52. The number of aromatic hydroxyl groups is 1. The summed E-state index contributed by atoms with van der Waals surface area (Å²) in [5.74, 6) is -3.09. The summed E-state index contributed by atoms with van der Waals surface area (Å²) in [6.07, 6.45) is 1.98. The summed E-state index contributed by atoms with van der Waals surface area (Å²) in [7, 11) is 0. The monoisotopic (exact) mass is 773 g/mol. The molecule has 2 heterocycles. The number of carbonyl (C=O) groups is 4. The van der Waals surface area contributed by atoms with Gasteiger partial charge in [-0.3, -0.25) is 19.2 Å². The molecule has 55 heavy (non-hydrogen) atoms. The maximum absolute atomic E-state index is 14.4. The normalized spacial score (nSPS) is 21.1. The lowest BCUT2D eigenvalue weighted by Crippen LogP contribution is -2.62. The molecule has 0 aliphatic carbocycles. The zero-order chi connectivity index (χ0) is 42.3. The molecule has 0 aromatic heterocycles. The third-order valence-corrected chi connectivity index (χ3v) is 11.1. The molecule has 11 heteroatoms. The highest BCUT2D eigenvalue weighted by molar-refractivity contribution is 5.95. The molecular formula is C44H72N2O9. The van der Waals surface area contributed by atoms with Crippen LogP contribution in [0.2, 0.25) is 0 Å². The van der Waals surface area contributed by atoms with Gasteiger partial charge in [0.25, 0.3) is 0 Å². The van der Waals surface area contributed by atoms with Crippen LogP contribution in [0.5, 0.6) is 5.75 Å². The Bertz CT molecular complexity index is 1440. The number of phenolic OH excluding ortho intramolecular Hbond substituents is 1. The molecular weight excluding hydrogens is 700 g/mol. The lowest BCUT2D eigenvalue weighted by molar-refractivity contribution is -0.277. The van der Waals surface area contributed by atoms with E-state index in [-0.39, 0.29) is 23.2 Å². The summed E-state index contributed by atoms with van der Waals surface area (Å²) < 4.78 is 12.5. The molecule has 1 N–H and O–H groups in total. The van der Waals surface area contributed by atoms with Crippen LogP contribution in [0.3, 0.4) is 0 Å². The van der Waals surface area contributed by atoms with E-state index in [1.165, 1.54) is 13.8 Å². The minimum Gasteiger partial charge on any atom is -0.507 e. The van der Waals surface area contributed by atoms with Gasteiger partial charge in [0.1, 0.15) is 18.0 Å². The number of rotatable bonds is 11. The summed E-state index contributed by atoms with van der Waals surface area (Å²) in [5.41, 5.74) is -0.476. The number of phenols is 1. The third kappa shape index (κ3) is 11.5. The number of piperidine rings is 2. The number of benzene rings is 1. The van der Waals surface area contributed by atoms with Crippen LogP contribution in [-0.4, -0.2) is 73.5 Å². The number of hydrogen-bond donors (Lipinski definition) is 1. The Kier molecular flexibility index (Phi) is 13.7. The minimum atomic E-state index is -1.19. The Morgan fingerprint density at radius 3 is 1.29 bits per heavy atom. The van der Waals surface area contributed by atoms with Crippen molar-refractivity contribution in [2.24, 2.45) is 11.8 Å². The first kappa shape index (κ1) is 46.2. The Balaban J connectivity index is 1.99. The molecule has 2 aliphatic rings. The van der Waals surface area contributed by atoms with E-state index in [1.54, 1.807) is 10.1 Å². The zero-order valence-corrected chi connectivity index (χ0v) is 37.0. The van der Waals surface area contributed by atoms with Crippen molar-refractivity contribution in [2.75, 3.05) is 0 Å². The molecule has 0 amide bonds. The number of nitrogens with zero attached hydrogens (tertiary/aromatic N) is 2. The number of carbonyl (C=O) groups excluding carboxylic acids is 4. The zero-order valence-electron chi connectivity index (χ0n) is 37.0. The van der Waals surface area contributed by atoms with Crippen LogP contribution in [0.15, 0.2) is 12.1 Å². The molecule has 312 valence electrons. The van der Waals surface area contributed by atoms with E-state index in [4.69, 9.17) is 19.1 Å². The van der Waals surface area contributed by atoms with E-state index < -0.39 is 64.2 Å². The van der Waals surface area contributed by atoms with E-state index in [1.807, 2.05) is 55.4 Å². The molecule has 0 bridgehead atoms. The van der Waals surface area contributed by atoms with Crippen molar-refractivity contribution < 1.29 is 43.4 Å². The lowest BCUT2D eigenvalue weighted by atomic mass is 9.77. The molecule has 0 radical (unpaired) electrons. The van der Waals surface area contributed by atoms with E-state index in [9.17, 15) is 24.3 Å². The summed E-state index contributed by atoms with van der Waals surface area (Å²) in [6.45, 7) is 32.8. The van der Waals surface area contributed by atoms with Crippen LogP contribution in [0, 0.1) is 11.8 Å². The predicted molar refractivity (Wildman–Crippen MR) is 213 cm³/mol. The van der Waals surface area contributed by atoms with Crippen LogP contribution in [0.4, 0.5) is 0 Å². The molecule has 3 rings (SSSR count). The minimum absolute atomic E-state index is 0.0901. The van der Waals surface area contributed by atoms with E-state index >= 15 is 0 Å². The maximum atomic E-state index is 14.4. The van der Waals surface area contributed by atoms with Gasteiger partial charge in [0.15, 0.2) is 5.92 Å². The number of hydroxylamine groups is 4. The molecule has 1 atom stereocenters. The van der Waals surface area contributed by atoms with Crippen LogP contribution >= 0.6 is 0 Å². The highest BCUT2D eigenvalue weighted by Gasteiger charge is 2.52. The topological polar surface area (TPSA) is 132 Å². The van der Waals surface area contributed by atoms with Crippen molar-refractivity contribution in [3.63, 3.8) is 0 Å². The first-order valence-electron chi connectivity index (χ1n) is 20.1. The summed E-state index contributed by atoms with van der Waals surface area (Å²) in [5, 5.41) is 14.7. The molecule has 0 spiro atoms. The Morgan fingerprint density at radius 1 is 0.691 bits per heavy atom. The molecule has 11 nitrogen and oxygen atoms in total. The fraction of sp³-hybridized carbons (Fsp3) is 0.773. The molecule has 2 saturated heterocycles. The second kappa shape index (κ2) is 16.4.